The van der Waals surface area contributed by atoms with Crippen molar-refractivity contribution in [1.82, 2.24) is 5.06 Å². The minimum atomic E-state index is -0.0646. The van der Waals surface area contributed by atoms with E-state index in [2.05, 4.69) is 13.8 Å². The molecule has 0 heterocycles. The number of carbonyl (C=O) groups is 1. The summed E-state index contributed by atoms with van der Waals surface area (Å²) < 4.78 is 0. The highest BCUT2D eigenvalue weighted by molar-refractivity contribution is 5.87. The first kappa shape index (κ1) is 12.2. The van der Waals surface area contributed by atoms with Gasteiger partial charge < -0.3 is 0 Å². The van der Waals surface area contributed by atoms with Crippen LogP contribution in [-0.4, -0.2) is 25.1 Å². The lowest BCUT2D eigenvalue weighted by Crippen LogP contribution is -2.25. The second kappa shape index (κ2) is 4.79. The van der Waals surface area contributed by atoms with E-state index in [1.807, 2.05) is 0 Å². The van der Waals surface area contributed by atoms with Crippen LogP contribution in [-0.2, 0) is 9.63 Å². The van der Waals surface area contributed by atoms with E-state index in [0.29, 0.717) is 5.41 Å². The molecule has 0 aliphatic heterocycles. The molecule has 15 heavy (non-hydrogen) atoms. The van der Waals surface area contributed by atoms with E-state index in [0.717, 1.165) is 12.8 Å². The van der Waals surface area contributed by atoms with Gasteiger partial charge in [0, 0.05) is 13.1 Å². The van der Waals surface area contributed by atoms with Crippen LogP contribution in [0.4, 0.5) is 0 Å². The maximum absolute atomic E-state index is 11.6. The number of hydroxylamine groups is 2. The number of likely N-dealkylation sites (N-methyl/N-ethyl adjacent to an activating group) is 1. The molecule has 3 heteroatoms. The van der Waals surface area contributed by atoms with E-state index >= 15 is 0 Å². The fraction of sp³-hybridized carbons (Fsp3) is 0.750. The van der Waals surface area contributed by atoms with Crippen molar-refractivity contribution in [3.05, 3.63) is 11.6 Å². The van der Waals surface area contributed by atoms with Crippen LogP contribution in [0.15, 0.2) is 11.6 Å². The van der Waals surface area contributed by atoms with E-state index in [4.69, 9.17) is 4.84 Å². The number of hydrogen-bond donors (Lipinski definition) is 0. The van der Waals surface area contributed by atoms with Crippen molar-refractivity contribution in [3.8, 4) is 0 Å². The van der Waals surface area contributed by atoms with Crippen LogP contribution in [0.5, 0.6) is 0 Å². The number of nitrogens with zero attached hydrogens (tertiary/aromatic N) is 1. The van der Waals surface area contributed by atoms with Crippen LogP contribution in [0.25, 0.3) is 0 Å². The largest absolute Gasteiger partial charge is 0.274 e. The second-order valence-electron chi connectivity index (χ2n) is 5.02. The third-order valence-corrected chi connectivity index (χ3v) is 2.97. The van der Waals surface area contributed by atoms with Gasteiger partial charge in [0.15, 0.2) is 0 Å². The molecular weight excluding hydrogens is 190 g/mol. The van der Waals surface area contributed by atoms with E-state index in [1.165, 1.54) is 30.6 Å². The minimum Gasteiger partial charge on any atom is -0.274 e. The Morgan fingerprint density at radius 1 is 1.53 bits per heavy atom. The number of hydrogen-bond acceptors (Lipinski definition) is 2. The molecule has 0 bridgehead atoms. The highest BCUT2D eigenvalue weighted by Crippen LogP contribution is 2.37. The summed E-state index contributed by atoms with van der Waals surface area (Å²) in [5.41, 5.74) is 1.59. The smallest absolute Gasteiger partial charge is 0.269 e. The Balaban J connectivity index is 2.63. The Hall–Kier alpha value is -0.830. The van der Waals surface area contributed by atoms with Crippen LogP contribution >= 0.6 is 0 Å². The number of carbonyl (C=O) groups excluding carboxylic acids is 1. The van der Waals surface area contributed by atoms with E-state index in [-0.39, 0.29) is 5.91 Å². The normalized spacial score (nSPS) is 22.8. The van der Waals surface area contributed by atoms with E-state index < -0.39 is 0 Å². The Morgan fingerprint density at radius 2 is 2.20 bits per heavy atom. The summed E-state index contributed by atoms with van der Waals surface area (Å²) in [4.78, 5) is 16.4. The van der Waals surface area contributed by atoms with Gasteiger partial charge in [0.05, 0.1) is 7.11 Å². The van der Waals surface area contributed by atoms with E-state index in [9.17, 15) is 4.79 Å². The van der Waals surface area contributed by atoms with Crippen LogP contribution in [0, 0.1) is 5.41 Å². The first-order valence-corrected chi connectivity index (χ1v) is 5.46. The summed E-state index contributed by atoms with van der Waals surface area (Å²) in [7, 11) is 3.13. The summed E-state index contributed by atoms with van der Waals surface area (Å²) in [5, 5.41) is 1.26. The second-order valence-corrected chi connectivity index (χ2v) is 5.02. The number of rotatable bonds is 2. The third kappa shape index (κ3) is 3.67. The topological polar surface area (TPSA) is 29.5 Å². The van der Waals surface area contributed by atoms with Gasteiger partial charge in [-0.3, -0.25) is 9.63 Å². The molecule has 0 N–H and O–H groups in total. The van der Waals surface area contributed by atoms with Crippen molar-refractivity contribution in [1.29, 1.82) is 0 Å². The van der Waals surface area contributed by atoms with Crippen molar-refractivity contribution in [2.24, 2.45) is 5.41 Å². The Labute approximate surface area is 92.0 Å². The lowest BCUT2D eigenvalue weighted by atomic mass is 9.75. The van der Waals surface area contributed by atoms with Crippen molar-refractivity contribution < 1.29 is 9.63 Å². The van der Waals surface area contributed by atoms with Crippen molar-refractivity contribution in [2.45, 2.75) is 39.5 Å². The van der Waals surface area contributed by atoms with Crippen LogP contribution in [0.3, 0.4) is 0 Å². The highest BCUT2D eigenvalue weighted by atomic mass is 16.7. The zero-order valence-corrected chi connectivity index (χ0v) is 10.2. The summed E-state index contributed by atoms with van der Waals surface area (Å²) in [5.74, 6) is -0.0646. The summed E-state index contributed by atoms with van der Waals surface area (Å²) in [6.45, 7) is 4.51. The van der Waals surface area contributed by atoms with Gasteiger partial charge in [-0.2, -0.15) is 0 Å². The van der Waals surface area contributed by atoms with Gasteiger partial charge in [-0.25, -0.2) is 5.06 Å². The zero-order valence-electron chi connectivity index (χ0n) is 10.2. The molecule has 0 unspecified atom stereocenters. The van der Waals surface area contributed by atoms with Crippen molar-refractivity contribution in [3.63, 3.8) is 0 Å². The summed E-state index contributed by atoms with van der Waals surface area (Å²) >= 11 is 0. The molecular formula is C12H21NO2. The molecule has 0 atom stereocenters. The molecule has 0 aromatic rings. The molecule has 1 aliphatic carbocycles. The standard InChI is InChI=1S/C12H21NO2/c1-12(2)7-5-6-10(9-12)8-11(14)13(3)15-4/h8H,5-7,9H2,1-4H3/b10-8+. The average molecular weight is 211 g/mol. The molecule has 0 radical (unpaired) electrons. The predicted octanol–water partition coefficient (Wildman–Crippen LogP) is 2.53. The Kier molecular flexibility index (Phi) is 3.91. The van der Waals surface area contributed by atoms with Gasteiger partial charge >= 0.3 is 0 Å². The quantitative estimate of drug-likeness (QED) is 0.519. The van der Waals surface area contributed by atoms with Crippen molar-refractivity contribution >= 4 is 5.91 Å². The molecule has 3 nitrogen and oxygen atoms in total. The van der Waals surface area contributed by atoms with E-state index in [1.54, 1.807) is 13.1 Å². The van der Waals surface area contributed by atoms with Gasteiger partial charge in [-0.15, -0.1) is 0 Å². The predicted molar refractivity (Wildman–Crippen MR) is 60.1 cm³/mol. The van der Waals surface area contributed by atoms with Gasteiger partial charge in [-0.1, -0.05) is 19.4 Å². The van der Waals surface area contributed by atoms with Crippen LogP contribution in [0.2, 0.25) is 0 Å². The molecule has 0 spiro atoms. The first-order valence-electron chi connectivity index (χ1n) is 5.46. The van der Waals surface area contributed by atoms with Crippen molar-refractivity contribution in [2.75, 3.05) is 14.2 Å². The molecule has 1 rings (SSSR count). The molecule has 0 aromatic heterocycles. The number of allylic oxidation sites excluding steroid dienone is 1. The fourth-order valence-electron chi connectivity index (χ4n) is 2.06. The molecule has 1 saturated carbocycles. The maximum atomic E-state index is 11.6. The lowest BCUT2D eigenvalue weighted by Gasteiger charge is -2.31. The first-order chi connectivity index (χ1) is 6.94. The lowest BCUT2D eigenvalue weighted by molar-refractivity contribution is -0.162. The van der Waals surface area contributed by atoms with Gasteiger partial charge in [0.2, 0.25) is 0 Å². The monoisotopic (exact) mass is 211 g/mol. The zero-order chi connectivity index (χ0) is 11.5. The van der Waals surface area contributed by atoms with Crippen LogP contribution in [0.1, 0.15) is 39.5 Å². The minimum absolute atomic E-state index is 0.0646. The summed E-state index contributed by atoms with van der Waals surface area (Å²) in [6.07, 6.45) is 6.23. The average Bonchev–Trinajstić information content (AvgIpc) is 2.14. The molecule has 0 saturated heterocycles. The SMILES string of the molecule is CON(C)C(=O)/C=C1\CCCC(C)(C)C1. The molecule has 1 fully saturated rings. The van der Waals surface area contributed by atoms with Gasteiger partial charge in [-0.05, 0) is 31.1 Å². The Morgan fingerprint density at radius 3 is 2.73 bits per heavy atom. The Bertz CT molecular complexity index is 269. The number of amides is 1. The third-order valence-electron chi connectivity index (χ3n) is 2.97. The molecule has 86 valence electrons. The highest BCUT2D eigenvalue weighted by Gasteiger charge is 2.24. The molecule has 0 aromatic carbocycles. The summed E-state index contributed by atoms with van der Waals surface area (Å²) in [6, 6.07) is 0. The fourth-order valence-corrected chi connectivity index (χ4v) is 2.06. The molecule has 1 amide bonds. The molecule has 1 aliphatic rings. The van der Waals surface area contributed by atoms with Crippen LogP contribution < -0.4 is 0 Å². The van der Waals surface area contributed by atoms with Gasteiger partial charge in [0.25, 0.3) is 5.91 Å². The van der Waals surface area contributed by atoms with Gasteiger partial charge in [0.1, 0.15) is 0 Å². The maximum Gasteiger partial charge on any atom is 0.269 e.